The van der Waals surface area contributed by atoms with E-state index in [1.807, 2.05) is 60.7 Å². The van der Waals surface area contributed by atoms with E-state index in [1.165, 1.54) is 0 Å². The van der Waals surface area contributed by atoms with Crippen LogP contribution in [0.15, 0.2) is 78.9 Å². The number of para-hydroxylation sites is 1. The zero-order chi connectivity index (χ0) is 22.9. The predicted octanol–water partition coefficient (Wildman–Crippen LogP) is 3.74. The van der Waals surface area contributed by atoms with E-state index < -0.39 is 23.8 Å². The summed E-state index contributed by atoms with van der Waals surface area (Å²) in [5, 5.41) is 3.19. The summed E-state index contributed by atoms with van der Waals surface area (Å²) < 4.78 is 0. The monoisotopic (exact) mass is 439 g/mol. The van der Waals surface area contributed by atoms with E-state index in [2.05, 4.69) is 5.32 Å². The summed E-state index contributed by atoms with van der Waals surface area (Å²) >= 11 is 0. The van der Waals surface area contributed by atoms with E-state index in [0.29, 0.717) is 5.69 Å². The minimum Gasteiger partial charge on any atom is -0.355 e. The quantitative estimate of drug-likeness (QED) is 0.612. The molecule has 2 aliphatic heterocycles. The minimum absolute atomic E-state index is 0.0891. The lowest BCUT2D eigenvalue weighted by molar-refractivity contribution is -0.152. The van der Waals surface area contributed by atoms with Crippen molar-refractivity contribution >= 4 is 35.0 Å². The molecule has 1 N–H and O–H groups in total. The highest BCUT2D eigenvalue weighted by Gasteiger charge is 2.47. The number of nitrogens with one attached hydrogen (secondary N) is 1. The van der Waals surface area contributed by atoms with Crippen LogP contribution in [0.2, 0.25) is 0 Å². The molecule has 1 atom stereocenters. The van der Waals surface area contributed by atoms with Gasteiger partial charge in [0, 0.05) is 12.1 Å². The van der Waals surface area contributed by atoms with Crippen LogP contribution in [0.25, 0.3) is 0 Å². The zero-order valence-electron chi connectivity index (χ0n) is 17.7. The second-order valence-corrected chi connectivity index (χ2v) is 8.06. The SMILES string of the molecule is O=C1CCC(N2C(=O)c3cccc(Nc4ccccc4)c3C2=O)C(=O)N1Cc1ccccc1. The molecule has 1 saturated heterocycles. The Morgan fingerprint density at radius 3 is 2.21 bits per heavy atom. The number of benzene rings is 3. The normalized spacial score (nSPS) is 18.0. The summed E-state index contributed by atoms with van der Waals surface area (Å²) in [5.74, 6) is -1.87. The summed E-state index contributed by atoms with van der Waals surface area (Å²) in [6.45, 7) is 0.110. The minimum atomic E-state index is -1.01. The summed E-state index contributed by atoms with van der Waals surface area (Å²) in [5.41, 5.74) is 2.57. The molecular weight excluding hydrogens is 418 g/mol. The second kappa shape index (κ2) is 8.35. The lowest BCUT2D eigenvalue weighted by atomic mass is 10.0. The molecule has 0 aromatic heterocycles. The number of carbonyl (C=O) groups is 4. The van der Waals surface area contributed by atoms with Crippen molar-refractivity contribution in [1.82, 2.24) is 9.80 Å². The fourth-order valence-corrected chi connectivity index (χ4v) is 4.36. The highest BCUT2D eigenvalue weighted by atomic mass is 16.2. The molecule has 0 spiro atoms. The zero-order valence-corrected chi connectivity index (χ0v) is 17.7. The number of hydrogen-bond acceptors (Lipinski definition) is 5. The number of rotatable bonds is 5. The van der Waals surface area contributed by atoms with Gasteiger partial charge >= 0.3 is 0 Å². The van der Waals surface area contributed by atoms with E-state index in [1.54, 1.807) is 18.2 Å². The number of amides is 4. The Morgan fingerprint density at radius 2 is 1.48 bits per heavy atom. The first-order valence-corrected chi connectivity index (χ1v) is 10.8. The van der Waals surface area contributed by atoms with Crippen molar-refractivity contribution in [3.05, 3.63) is 95.6 Å². The molecule has 2 heterocycles. The maximum atomic E-state index is 13.4. The fourth-order valence-electron chi connectivity index (χ4n) is 4.36. The van der Waals surface area contributed by atoms with Gasteiger partial charge in [0.05, 0.1) is 23.4 Å². The summed E-state index contributed by atoms with van der Waals surface area (Å²) in [6.07, 6.45) is 0.210. The molecule has 7 heteroatoms. The molecule has 0 aliphatic carbocycles. The van der Waals surface area contributed by atoms with Gasteiger partial charge in [-0.05, 0) is 36.2 Å². The number of likely N-dealkylation sites (tertiary alicyclic amines) is 1. The lowest BCUT2D eigenvalue weighted by Gasteiger charge is -2.34. The molecule has 7 nitrogen and oxygen atoms in total. The van der Waals surface area contributed by atoms with Crippen molar-refractivity contribution in [3.8, 4) is 0 Å². The second-order valence-electron chi connectivity index (χ2n) is 8.06. The molecule has 0 bridgehead atoms. The van der Waals surface area contributed by atoms with Crippen LogP contribution in [0.4, 0.5) is 11.4 Å². The highest BCUT2D eigenvalue weighted by Crippen LogP contribution is 2.34. The molecule has 3 aromatic carbocycles. The molecule has 0 saturated carbocycles. The first-order valence-electron chi connectivity index (χ1n) is 10.8. The predicted molar refractivity (Wildman–Crippen MR) is 122 cm³/mol. The van der Waals surface area contributed by atoms with E-state index in [9.17, 15) is 19.2 Å². The van der Waals surface area contributed by atoms with Gasteiger partial charge in [0.2, 0.25) is 5.91 Å². The molecular formula is C26H21N3O4. The molecule has 5 rings (SSSR count). The maximum Gasteiger partial charge on any atom is 0.264 e. The van der Waals surface area contributed by atoms with Crippen molar-refractivity contribution in [2.24, 2.45) is 0 Å². The van der Waals surface area contributed by atoms with Gasteiger partial charge in [0.25, 0.3) is 17.7 Å². The van der Waals surface area contributed by atoms with Gasteiger partial charge in [-0.15, -0.1) is 0 Å². The maximum absolute atomic E-state index is 13.4. The molecule has 164 valence electrons. The fraction of sp³-hybridized carbons (Fsp3) is 0.154. The number of imide groups is 2. The average molecular weight is 439 g/mol. The van der Waals surface area contributed by atoms with Crippen LogP contribution in [0, 0.1) is 0 Å². The summed E-state index contributed by atoms with van der Waals surface area (Å²) in [6, 6.07) is 22.5. The lowest BCUT2D eigenvalue weighted by Crippen LogP contribution is -2.55. The third-order valence-electron chi connectivity index (χ3n) is 5.98. The Morgan fingerprint density at radius 1 is 0.788 bits per heavy atom. The van der Waals surface area contributed by atoms with Gasteiger partial charge in [-0.2, -0.15) is 0 Å². The van der Waals surface area contributed by atoms with Gasteiger partial charge in [-0.25, -0.2) is 0 Å². The Labute approximate surface area is 190 Å². The van der Waals surface area contributed by atoms with Crippen LogP contribution < -0.4 is 5.32 Å². The third-order valence-corrected chi connectivity index (χ3v) is 5.98. The van der Waals surface area contributed by atoms with Crippen molar-refractivity contribution in [2.75, 3.05) is 5.32 Å². The Hall–Kier alpha value is -4.26. The highest BCUT2D eigenvalue weighted by molar-refractivity contribution is 6.25. The summed E-state index contributed by atoms with van der Waals surface area (Å²) in [4.78, 5) is 54.6. The number of hydrogen-bond donors (Lipinski definition) is 1. The Balaban J connectivity index is 1.44. The molecule has 1 unspecified atom stereocenters. The van der Waals surface area contributed by atoms with Crippen molar-refractivity contribution in [1.29, 1.82) is 0 Å². The smallest absolute Gasteiger partial charge is 0.264 e. The van der Waals surface area contributed by atoms with Crippen LogP contribution in [0.3, 0.4) is 0 Å². The van der Waals surface area contributed by atoms with Gasteiger partial charge in [0.15, 0.2) is 0 Å². The first kappa shape index (κ1) is 20.6. The largest absolute Gasteiger partial charge is 0.355 e. The van der Waals surface area contributed by atoms with E-state index >= 15 is 0 Å². The molecule has 1 fully saturated rings. The topological polar surface area (TPSA) is 86.8 Å². The molecule has 4 amide bonds. The van der Waals surface area contributed by atoms with Gasteiger partial charge < -0.3 is 5.32 Å². The van der Waals surface area contributed by atoms with Crippen LogP contribution >= 0.6 is 0 Å². The van der Waals surface area contributed by atoms with E-state index in [0.717, 1.165) is 21.1 Å². The molecule has 0 radical (unpaired) electrons. The Bertz CT molecular complexity index is 1260. The molecule has 2 aliphatic rings. The van der Waals surface area contributed by atoms with Crippen LogP contribution in [-0.2, 0) is 16.1 Å². The van der Waals surface area contributed by atoms with Crippen LogP contribution in [0.5, 0.6) is 0 Å². The molecule has 33 heavy (non-hydrogen) atoms. The van der Waals surface area contributed by atoms with E-state index in [4.69, 9.17) is 0 Å². The van der Waals surface area contributed by atoms with Gasteiger partial charge in [-0.3, -0.25) is 29.0 Å². The van der Waals surface area contributed by atoms with Gasteiger partial charge in [0.1, 0.15) is 6.04 Å². The van der Waals surface area contributed by atoms with Crippen LogP contribution in [-0.4, -0.2) is 39.5 Å². The number of piperidine rings is 1. The van der Waals surface area contributed by atoms with Crippen LogP contribution in [0.1, 0.15) is 39.1 Å². The van der Waals surface area contributed by atoms with Crippen molar-refractivity contribution < 1.29 is 19.2 Å². The standard InChI is InChI=1S/C26H21N3O4/c30-22-15-14-21(25(32)28(22)16-17-8-3-1-4-9-17)29-24(31)19-12-7-13-20(23(19)26(29)33)27-18-10-5-2-6-11-18/h1-13,21,27H,14-16H2. The molecule has 3 aromatic rings. The van der Waals surface area contributed by atoms with Crippen molar-refractivity contribution in [2.45, 2.75) is 25.4 Å². The average Bonchev–Trinajstić information content (AvgIpc) is 3.09. The Kier molecular flexibility index (Phi) is 5.22. The van der Waals surface area contributed by atoms with Crippen molar-refractivity contribution in [3.63, 3.8) is 0 Å². The summed E-state index contributed by atoms with van der Waals surface area (Å²) in [7, 11) is 0. The number of anilines is 2. The number of carbonyl (C=O) groups excluding carboxylic acids is 4. The number of nitrogens with zero attached hydrogens (tertiary/aromatic N) is 2. The third kappa shape index (κ3) is 3.67. The van der Waals surface area contributed by atoms with Gasteiger partial charge in [-0.1, -0.05) is 54.6 Å². The van der Waals surface area contributed by atoms with E-state index in [-0.39, 0.29) is 36.4 Å². The first-order chi connectivity index (χ1) is 16.0. The number of fused-ring (bicyclic) bond motifs is 1.